The largest absolute Gasteiger partial charge is 0.309 e. The molecule has 2 nitrogen and oxygen atoms in total. The van der Waals surface area contributed by atoms with Crippen molar-refractivity contribution in [2.75, 3.05) is 20.6 Å². The lowest BCUT2D eigenvalue weighted by atomic mass is 9.90. The number of nitrogens with zero attached hydrogens (tertiary/aromatic N) is 1. The first-order valence-corrected chi connectivity index (χ1v) is 8.83. The Morgan fingerprint density at radius 3 is 2.18 bits per heavy atom. The van der Waals surface area contributed by atoms with Crippen molar-refractivity contribution in [1.82, 2.24) is 4.90 Å². The van der Waals surface area contributed by atoms with E-state index in [1.807, 2.05) is 56.6 Å². The van der Waals surface area contributed by atoms with E-state index in [0.29, 0.717) is 6.54 Å². The van der Waals surface area contributed by atoms with Gasteiger partial charge in [0.25, 0.3) is 0 Å². The van der Waals surface area contributed by atoms with Crippen molar-refractivity contribution >= 4 is 37.6 Å². The van der Waals surface area contributed by atoms with Crippen molar-refractivity contribution in [3.8, 4) is 0 Å². The highest BCUT2D eigenvalue weighted by Gasteiger charge is 2.29. The molecule has 0 aliphatic carbocycles. The average molecular weight is 425 g/mol. The number of hydrogen-bond donors (Lipinski definition) is 0. The maximum absolute atomic E-state index is 12.9. The zero-order valence-corrected chi connectivity index (χ0v) is 15.8. The van der Waals surface area contributed by atoms with Crippen molar-refractivity contribution in [1.29, 1.82) is 0 Å². The van der Waals surface area contributed by atoms with Gasteiger partial charge in [-0.05, 0) is 31.8 Å². The molecule has 2 atom stereocenters. The molecule has 0 heterocycles. The van der Waals surface area contributed by atoms with Gasteiger partial charge in [0.1, 0.15) is 0 Å². The molecule has 0 aliphatic heterocycles. The Morgan fingerprint density at radius 1 is 1.05 bits per heavy atom. The number of alkyl halides is 1. The van der Waals surface area contributed by atoms with Crippen LogP contribution in [0, 0.1) is 5.92 Å². The molecule has 0 radical (unpaired) electrons. The minimum Gasteiger partial charge on any atom is -0.309 e. The van der Waals surface area contributed by atoms with E-state index in [1.165, 1.54) is 0 Å². The molecule has 2 aromatic rings. The van der Waals surface area contributed by atoms with Crippen molar-refractivity contribution in [2.24, 2.45) is 5.92 Å². The number of hydrogen-bond acceptors (Lipinski definition) is 2. The first-order valence-electron chi connectivity index (χ1n) is 7.12. The highest BCUT2D eigenvalue weighted by atomic mass is 79.9. The lowest BCUT2D eigenvalue weighted by molar-refractivity contribution is 0.0896. The summed E-state index contributed by atoms with van der Waals surface area (Å²) in [7, 11) is 3.99. The van der Waals surface area contributed by atoms with Crippen LogP contribution in [0.5, 0.6) is 0 Å². The van der Waals surface area contributed by atoms with Crippen LogP contribution in [0.25, 0.3) is 0 Å². The van der Waals surface area contributed by atoms with Crippen molar-refractivity contribution in [2.45, 2.75) is 4.83 Å². The van der Waals surface area contributed by atoms with E-state index < -0.39 is 0 Å². The number of rotatable bonds is 6. The Balaban J connectivity index is 2.29. The van der Waals surface area contributed by atoms with Gasteiger partial charge in [0.15, 0.2) is 5.78 Å². The van der Waals surface area contributed by atoms with Crippen LogP contribution in [0.4, 0.5) is 0 Å². The molecule has 0 saturated carbocycles. The zero-order chi connectivity index (χ0) is 16.1. The third kappa shape index (κ3) is 4.51. The van der Waals surface area contributed by atoms with Crippen LogP contribution in [0.3, 0.4) is 0 Å². The summed E-state index contributed by atoms with van der Waals surface area (Å²) in [5.74, 6) is 0.0190. The average Bonchev–Trinajstić information content (AvgIpc) is 2.53. The van der Waals surface area contributed by atoms with Crippen LogP contribution in [-0.2, 0) is 0 Å². The maximum atomic E-state index is 12.9. The van der Waals surface area contributed by atoms with Crippen molar-refractivity contribution in [3.05, 3.63) is 70.2 Å². The van der Waals surface area contributed by atoms with Crippen molar-refractivity contribution < 1.29 is 4.79 Å². The lowest BCUT2D eigenvalue weighted by Crippen LogP contribution is -2.31. The summed E-state index contributed by atoms with van der Waals surface area (Å²) in [4.78, 5) is 15.0. The molecule has 0 unspecified atom stereocenters. The topological polar surface area (TPSA) is 20.3 Å². The highest BCUT2D eigenvalue weighted by Crippen LogP contribution is 2.33. The van der Waals surface area contributed by atoms with E-state index >= 15 is 0 Å². The molecular weight excluding hydrogens is 406 g/mol. The quantitative estimate of drug-likeness (QED) is 0.483. The molecule has 2 aromatic carbocycles. The SMILES string of the molecule is CN(C)C[C@@H](C(=O)c1ccc(Br)cc1)[C@H](Br)c1ccccc1. The van der Waals surface area contributed by atoms with E-state index in [2.05, 4.69) is 48.9 Å². The minimum atomic E-state index is -0.140. The number of carbonyl (C=O) groups excluding carboxylic acids is 1. The molecule has 4 heteroatoms. The van der Waals surface area contributed by atoms with Gasteiger partial charge in [-0.15, -0.1) is 0 Å². The minimum absolute atomic E-state index is 0.00718. The van der Waals surface area contributed by atoms with Crippen LogP contribution in [-0.4, -0.2) is 31.3 Å². The van der Waals surface area contributed by atoms with Gasteiger partial charge >= 0.3 is 0 Å². The molecule has 0 bridgehead atoms. The van der Waals surface area contributed by atoms with Gasteiger partial charge in [-0.25, -0.2) is 0 Å². The van der Waals surface area contributed by atoms with Gasteiger partial charge in [-0.1, -0.05) is 74.3 Å². The van der Waals surface area contributed by atoms with Crippen LogP contribution < -0.4 is 0 Å². The molecule has 0 saturated heterocycles. The first-order chi connectivity index (χ1) is 10.5. The summed E-state index contributed by atoms with van der Waals surface area (Å²) in [6.07, 6.45) is 0. The van der Waals surface area contributed by atoms with Gasteiger partial charge in [0.05, 0.1) is 10.7 Å². The predicted octanol–water partition coefficient (Wildman–Crippen LogP) is 4.95. The first kappa shape index (κ1) is 17.4. The highest BCUT2D eigenvalue weighted by molar-refractivity contribution is 9.10. The van der Waals surface area contributed by atoms with E-state index in [1.54, 1.807) is 0 Å². The summed E-state index contributed by atoms with van der Waals surface area (Å²) in [6, 6.07) is 17.7. The summed E-state index contributed by atoms with van der Waals surface area (Å²) in [5.41, 5.74) is 1.87. The van der Waals surface area contributed by atoms with Gasteiger partial charge < -0.3 is 4.90 Å². The second-order valence-corrected chi connectivity index (χ2v) is 7.45. The van der Waals surface area contributed by atoms with Crippen LogP contribution in [0.15, 0.2) is 59.1 Å². The van der Waals surface area contributed by atoms with Crippen LogP contribution >= 0.6 is 31.9 Å². The smallest absolute Gasteiger partial charge is 0.168 e. The predicted molar refractivity (Wildman–Crippen MR) is 98.6 cm³/mol. The van der Waals surface area contributed by atoms with Crippen molar-refractivity contribution in [3.63, 3.8) is 0 Å². The maximum Gasteiger partial charge on any atom is 0.168 e. The Hall–Kier alpha value is -0.970. The van der Waals surface area contributed by atoms with E-state index in [-0.39, 0.29) is 16.5 Å². The zero-order valence-electron chi connectivity index (χ0n) is 12.7. The molecule has 0 fully saturated rings. The third-order valence-electron chi connectivity index (χ3n) is 3.50. The van der Waals surface area contributed by atoms with Gasteiger partial charge in [-0.3, -0.25) is 4.79 Å². The van der Waals surface area contributed by atoms with Crippen LogP contribution in [0.2, 0.25) is 0 Å². The number of Topliss-reactive ketones (excluding diaryl/α,β-unsaturated/α-hetero) is 1. The second-order valence-electron chi connectivity index (χ2n) is 5.55. The Bertz CT molecular complexity index is 611. The third-order valence-corrected chi connectivity index (χ3v) is 5.19. The summed E-state index contributed by atoms with van der Waals surface area (Å²) < 4.78 is 0.978. The fourth-order valence-corrected chi connectivity index (χ4v) is 3.38. The number of benzene rings is 2. The Labute approximate surface area is 148 Å². The van der Waals surface area contributed by atoms with E-state index in [4.69, 9.17) is 0 Å². The second kappa shape index (κ2) is 8.04. The molecule has 0 aromatic heterocycles. The number of ketones is 1. The molecule has 0 spiro atoms. The van der Waals surface area contributed by atoms with E-state index in [9.17, 15) is 4.79 Å². The lowest BCUT2D eigenvalue weighted by Gasteiger charge is -2.25. The fourth-order valence-electron chi connectivity index (χ4n) is 2.40. The normalized spacial score (nSPS) is 13.9. The molecule has 22 heavy (non-hydrogen) atoms. The van der Waals surface area contributed by atoms with E-state index in [0.717, 1.165) is 15.6 Å². The molecule has 0 aliphatic rings. The molecule has 2 rings (SSSR count). The van der Waals surface area contributed by atoms with Gasteiger partial charge in [-0.2, -0.15) is 0 Å². The molecular formula is C18H19Br2NO. The monoisotopic (exact) mass is 423 g/mol. The number of halogens is 2. The van der Waals surface area contributed by atoms with Gasteiger partial charge in [0.2, 0.25) is 0 Å². The van der Waals surface area contributed by atoms with Crippen LogP contribution in [0.1, 0.15) is 20.7 Å². The Kier molecular flexibility index (Phi) is 6.36. The number of carbonyl (C=O) groups is 1. The van der Waals surface area contributed by atoms with Gasteiger partial charge in [0, 0.05) is 16.6 Å². The standard InChI is InChI=1S/C18H19Br2NO/c1-21(2)12-16(17(20)13-6-4-3-5-7-13)18(22)14-8-10-15(19)11-9-14/h3-11,16-17H,12H2,1-2H3/t16-,17-/m1/s1. The Morgan fingerprint density at radius 2 is 1.64 bits per heavy atom. The molecule has 116 valence electrons. The summed E-state index contributed by atoms with van der Waals surface area (Å²) in [6.45, 7) is 0.694. The molecule has 0 N–H and O–H groups in total. The summed E-state index contributed by atoms with van der Waals surface area (Å²) in [5, 5.41) is 0. The fraction of sp³-hybridized carbons (Fsp3) is 0.278. The summed E-state index contributed by atoms with van der Waals surface area (Å²) >= 11 is 7.15. The molecule has 0 amide bonds.